The standard InChI is InChI=1S/C13H18N2O3/c1-8-3-4-10(9(2)5-8)7-15-12(16)6-11(14)13(17)18/h3-5,11H,6-7,14H2,1-2H3,(H,15,16)(H,17,18). The smallest absolute Gasteiger partial charge is 0.321 e. The second-order valence-corrected chi connectivity index (χ2v) is 4.36. The SMILES string of the molecule is Cc1ccc(CNC(=O)CC(N)C(=O)O)c(C)c1. The van der Waals surface area contributed by atoms with E-state index in [4.69, 9.17) is 10.8 Å². The molecule has 18 heavy (non-hydrogen) atoms. The second kappa shape index (κ2) is 6.16. The van der Waals surface area contributed by atoms with Gasteiger partial charge in [0.25, 0.3) is 0 Å². The van der Waals surface area contributed by atoms with Crippen LogP contribution in [-0.4, -0.2) is 23.0 Å². The van der Waals surface area contributed by atoms with Crippen molar-refractivity contribution in [2.45, 2.75) is 32.9 Å². The van der Waals surface area contributed by atoms with Crippen molar-refractivity contribution in [3.05, 3.63) is 34.9 Å². The Balaban J connectivity index is 2.50. The summed E-state index contributed by atoms with van der Waals surface area (Å²) in [6.07, 6.45) is -0.208. The number of aliphatic carboxylic acids is 1. The highest BCUT2D eigenvalue weighted by Gasteiger charge is 2.15. The van der Waals surface area contributed by atoms with Gasteiger partial charge in [0.1, 0.15) is 6.04 Å². The molecule has 1 rings (SSSR count). The molecule has 1 amide bonds. The zero-order valence-electron chi connectivity index (χ0n) is 10.6. The summed E-state index contributed by atoms with van der Waals surface area (Å²) in [5.74, 6) is -1.53. The van der Waals surface area contributed by atoms with Crippen LogP contribution in [0.1, 0.15) is 23.1 Å². The molecule has 0 aliphatic carbocycles. The minimum Gasteiger partial charge on any atom is -0.480 e. The topological polar surface area (TPSA) is 92.4 Å². The Kier molecular flexibility index (Phi) is 4.85. The number of nitrogens with one attached hydrogen (secondary N) is 1. The molecular weight excluding hydrogens is 232 g/mol. The Bertz CT molecular complexity index is 458. The average molecular weight is 250 g/mol. The molecule has 0 bridgehead atoms. The van der Waals surface area contributed by atoms with Crippen molar-refractivity contribution < 1.29 is 14.7 Å². The van der Waals surface area contributed by atoms with Crippen LogP contribution >= 0.6 is 0 Å². The number of hydrogen-bond donors (Lipinski definition) is 3. The number of benzene rings is 1. The molecule has 0 aliphatic rings. The van der Waals surface area contributed by atoms with Crippen LogP contribution in [0.15, 0.2) is 18.2 Å². The number of nitrogens with two attached hydrogens (primary N) is 1. The number of carboxylic acids is 1. The molecule has 1 atom stereocenters. The third kappa shape index (κ3) is 4.18. The van der Waals surface area contributed by atoms with E-state index in [9.17, 15) is 9.59 Å². The molecule has 0 saturated carbocycles. The number of carbonyl (C=O) groups excluding carboxylic acids is 1. The van der Waals surface area contributed by atoms with Crippen molar-refractivity contribution in [3.63, 3.8) is 0 Å². The molecule has 98 valence electrons. The van der Waals surface area contributed by atoms with Crippen LogP contribution in [0, 0.1) is 13.8 Å². The van der Waals surface area contributed by atoms with Crippen molar-refractivity contribution in [2.75, 3.05) is 0 Å². The highest BCUT2D eigenvalue weighted by Crippen LogP contribution is 2.10. The summed E-state index contributed by atoms with van der Waals surface area (Å²) in [5.41, 5.74) is 8.55. The van der Waals surface area contributed by atoms with E-state index in [0.29, 0.717) is 6.54 Å². The summed E-state index contributed by atoms with van der Waals surface area (Å²) in [6.45, 7) is 4.36. The summed E-state index contributed by atoms with van der Waals surface area (Å²) >= 11 is 0. The Morgan fingerprint density at radius 1 is 1.39 bits per heavy atom. The highest BCUT2D eigenvalue weighted by atomic mass is 16.4. The lowest BCUT2D eigenvalue weighted by Gasteiger charge is -2.10. The van der Waals surface area contributed by atoms with Gasteiger partial charge in [0.15, 0.2) is 0 Å². The van der Waals surface area contributed by atoms with Crippen molar-refractivity contribution in [1.29, 1.82) is 0 Å². The molecule has 1 unspecified atom stereocenters. The largest absolute Gasteiger partial charge is 0.480 e. The second-order valence-electron chi connectivity index (χ2n) is 4.36. The summed E-state index contributed by atoms with van der Waals surface area (Å²) < 4.78 is 0. The molecular formula is C13H18N2O3. The van der Waals surface area contributed by atoms with Gasteiger partial charge in [0.05, 0.1) is 6.42 Å². The van der Waals surface area contributed by atoms with Crippen LogP contribution in [0.5, 0.6) is 0 Å². The third-order valence-electron chi connectivity index (χ3n) is 2.70. The monoisotopic (exact) mass is 250 g/mol. The maximum absolute atomic E-state index is 11.5. The molecule has 0 spiro atoms. The number of aryl methyl sites for hydroxylation is 2. The van der Waals surface area contributed by atoms with E-state index < -0.39 is 12.0 Å². The number of rotatable bonds is 5. The van der Waals surface area contributed by atoms with E-state index in [-0.39, 0.29) is 12.3 Å². The number of carbonyl (C=O) groups is 2. The third-order valence-corrected chi connectivity index (χ3v) is 2.70. The quantitative estimate of drug-likeness (QED) is 0.718. The van der Waals surface area contributed by atoms with Crippen LogP contribution in [0.4, 0.5) is 0 Å². The van der Waals surface area contributed by atoms with Gasteiger partial charge < -0.3 is 16.2 Å². The van der Waals surface area contributed by atoms with E-state index in [1.807, 2.05) is 32.0 Å². The fraction of sp³-hybridized carbons (Fsp3) is 0.385. The Morgan fingerprint density at radius 3 is 2.61 bits per heavy atom. The average Bonchev–Trinajstić information content (AvgIpc) is 2.27. The predicted octanol–water partition coefficient (Wildman–Crippen LogP) is 0.722. The lowest BCUT2D eigenvalue weighted by atomic mass is 10.1. The number of carboxylic acid groups (broad SMARTS) is 1. The number of amides is 1. The van der Waals surface area contributed by atoms with E-state index in [2.05, 4.69) is 5.32 Å². The van der Waals surface area contributed by atoms with Gasteiger partial charge in [-0.1, -0.05) is 23.8 Å². The first-order valence-electron chi connectivity index (χ1n) is 5.71. The van der Waals surface area contributed by atoms with E-state index in [0.717, 1.165) is 16.7 Å². The molecule has 0 fully saturated rings. The highest BCUT2D eigenvalue weighted by molar-refractivity contribution is 5.84. The van der Waals surface area contributed by atoms with Crippen LogP contribution in [0.25, 0.3) is 0 Å². The van der Waals surface area contributed by atoms with Crippen molar-refractivity contribution in [1.82, 2.24) is 5.32 Å². The van der Waals surface area contributed by atoms with E-state index in [1.54, 1.807) is 0 Å². The zero-order chi connectivity index (χ0) is 13.7. The Labute approximate surface area is 106 Å². The van der Waals surface area contributed by atoms with Crippen LogP contribution < -0.4 is 11.1 Å². The molecule has 0 saturated heterocycles. The van der Waals surface area contributed by atoms with Gasteiger partial charge in [0, 0.05) is 6.54 Å². The fourth-order valence-corrected chi connectivity index (χ4v) is 1.60. The van der Waals surface area contributed by atoms with E-state index >= 15 is 0 Å². The maximum atomic E-state index is 11.5. The molecule has 4 N–H and O–H groups in total. The van der Waals surface area contributed by atoms with Crippen LogP contribution in [-0.2, 0) is 16.1 Å². The molecule has 5 nitrogen and oxygen atoms in total. The van der Waals surface area contributed by atoms with Gasteiger partial charge in [0.2, 0.25) is 5.91 Å². The lowest BCUT2D eigenvalue weighted by molar-refractivity contribution is -0.140. The van der Waals surface area contributed by atoms with Gasteiger partial charge >= 0.3 is 5.97 Å². The van der Waals surface area contributed by atoms with Gasteiger partial charge in [-0.25, -0.2) is 0 Å². The first-order chi connectivity index (χ1) is 8.40. The first kappa shape index (κ1) is 14.2. The molecule has 0 radical (unpaired) electrons. The molecule has 1 aromatic carbocycles. The van der Waals surface area contributed by atoms with Crippen molar-refractivity contribution in [3.8, 4) is 0 Å². The van der Waals surface area contributed by atoms with Crippen molar-refractivity contribution in [2.24, 2.45) is 5.73 Å². The minimum absolute atomic E-state index is 0.208. The van der Waals surface area contributed by atoms with Crippen molar-refractivity contribution >= 4 is 11.9 Å². The van der Waals surface area contributed by atoms with Crippen LogP contribution in [0.2, 0.25) is 0 Å². The normalized spacial score (nSPS) is 11.9. The molecule has 1 aromatic rings. The lowest BCUT2D eigenvalue weighted by Crippen LogP contribution is -2.36. The summed E-state index contributed by atoms with van der Waals surface area (Å²) in [7, 11) is 0. The molecule has 0 aliphatic heterocycles. The predicted molar refractivity (Wildman–Crippen MR) is 68.0 cm³/mol. The Hall–Kier alpha value is -1.88. The summed E-state index contributed by atoms with van der Waals surface area (Å²) in [6, 6.07) is 4.80. The first-order valence-corrected chi connectivity index (χ1v) is 5.71. The van der Waals surface area contributed by atoms with E-state index in [1.165, 1.54) is 0 Å². The van der Waals surface area contributed by atoms with Gasteiger partial charge in [-0.15, -0.1) is 0 Å². The molecule has 0 aromatic heterocycles. The number of hydrogen-bond acceptors (Lipinski definition) is 3. The molecule has 5 heteroatoms. The zero-order valence-corrected chi connectivity index (χ0v) is 10.6. The minimum atomic E-state index is -1.17. The fourth-order valence-electron chi connectivity index (χ4n) is 1.60. The van der Waals surface area contributed by atoms with Crippen LogP contribution in [0.3, 0.4) is 0 Å². The Morgan fingerprint density at radius 2 is 2.06 bits per heavy atom. The van der Waals surface area contributed by atoms with Gasteiger partial charge in [-0.3, -0.25) is 9.59 Å². The molecule has 0 heterocycles. The summed E-state index contributed by atoms with van der Waals surface area (Å²) in [4.78, 5) is 22.0. The summed E-state index contributed by atoms with van der Waals surface area (Å²) in [5, 5.41) is 11.2. The maximum Gasteiger partial charge on any atom is 0.321 e. The van der Waals surface area contributed by atoms with Gasteiger partial charge in [-0.05, 0) is 25.0 Å². The van der Waals surface area contributed by atoms with Gasteiger partial charge in [-0.2, -0.15) is 0 Å².